The molecule has 29 heavy (non-hydrogen) atoms. The zero-order valence-electron chi connectivity index (χ0n) is 15.9. The average Bonchev–Trinajstić information content (AvgIpc) is 3.23. The molecular weight excluding hydrogens is 390 g/mol. The van der Waals surface area contributed by atoms with Gasteiger partial charge in [0.05, 0.1) is 10.4 Å². The van der Waals surface area contributed by atoms with Crippen molar-refractivity contribution in [1.29, 1.82) is 0 Å². The summed E-state index contributed by atoms with van der Waals surface area (Å²) in [4.78, 5) is 27.2. The highest BCUT2D eigenvalue weighted by Crippen LogP contribution is 2.22. The van der Waals surface area contributed by atoms with E-state index in [9.17, 15) is 18.0 Å². The first-order valence-corrected chi connectivity index (χ1v) is 10.8. The number of aromatic nitrogens is 1. The van der Waals surface area contributed by atoms with E-state index in [1.54, 1.807) is 12.1 Å². The number of carbonyl (C=O) groups excluding carboxylic acids is 1. The minimum Gasteiger partial charge on any atom is -0.322 e. The summed E-state index contributed by atoms with van der Waals surface area (Å²) in [5.41, 5.74) is 2.19. The molecular formula is C21H21N3O4S. The lowest BCUT2D eigenvalue weighted by molar-refractivity contribution is 0.102. The molecule has 1 amide bonds. The number of amides is 1. The molecule has 1 aliphatic rings. The first kappa shape index (κ1) is 19.4. The topological polar surface area (TPSA) is 99.3 Å². The van der Waals surface area contributed by atoms with Gasteiger partial charge in [-0.05, 0) is 61.7 Å². The van der Waals surface area contributed by atoms with Crippen LogP contribution in [0.25, 0.3) is 10.9 Å². The molecule has 0 radical (unpaired) electrons. The number of pyridine rings is 1. The fourth-order valence-electron chi connectivity index (χ4n) is 3.57. The zero-order valence-corrected chi connectivity index (χ0v) is 16.8. The molecule has 150 valence electrons. The van der Waals surface area contributed by atoms with Crippen molar-refractivity contribution in [2.45, 2.75) is 24.7 Å². The van der Waals surface area contributed by atoms with Gasteiger partial charge in [-0.1, -0.05) is 6.07 Å². The first-order valence-electron chi connectivity index (χ1n) is 9.40. The van der Waals surface area contributed by atoms with Gasteiger partial charge in [-0.15, -0.1) is 0 Å². The Kier molecular flexibility index (Phi) is 4.97. The molecule has 3 aromatic rings. The molecule has 1 aromatic heterocycles. The van der Waals surface area contributed by atoms with Gasteiger partial charge in [0, 0.05) is 35.8 Å². The summed E-state index contributed by atoms with van der Waals surface area (Å²) < 4.78 is 26.6. The molecule has 2 heterocycles. The van der Waals surface area contributed by atoms with Crippen LogP contribution in [0.4, 0.5) is 5.69 Å². The second-order valence-electron chi connectivity index (χ2n) is 7.17. The molecule has 4 rings (SSSR count). The van der Waals surface area contributed by atoms with Gasteiger partial charge in [-0.3, -0.25) is 9.59 Å². The van der Waals surface area contributed by atoms with Crippen molar-refractivity contribution in [3.8, 4) is 0 Å². The predicted molar refractivity (Wildman–Crippen MR) is 112 cm³/mol. The highest BCUT2D eigenvalue weighted by Gasteiger charge is 2.27. The van der Waals surface area contributed by atoms with Crippen LogP contribution in [0.15, 0.2) is 58.2 Å². The molecule has 0 aliphatic carbocycles. The molecule has 1 saturated heterocycles. The lowest BCUT2D eigenvalue weighted by Crippen LogP contribution is -2.27. The van der Waals surface area contributed by atoms with Gasteiger partial charge < -0.3 is 10.3 Å². The molecule has 8 heteroatoms. The number of fused-ring (bicyclic) bond motifs is 1. The van der Waals surface area contributed by atoms with Crippen LogP contribution in [-0.4, -0.2) is 36.7 Å². The Hall–Kier alpha value is -2.97. The van der Waals surface area contributed by atoms with Crippen LogP contribution in [0.1, 0.15) is 28.8 Å². The molecule has 2 N–H and O–H groups in total. The summed E-state index contributed by atoms with van der Waals surface area (Å²) in [5.74, 6) is -0.357. The predicted octanol–water partition coefficient (Wildman–Crippen LogP) is 2.87. The Balaban J connectivity index is 1.54. The van der Waals surface area contributed by atoms with Gasteiger partial charge in [0.15, 0.2) is 0 Å². The Morgan fingerprint density at radius 3 is 2.41 bits per heavy atom. The normalized spacial score (nSPS) is 14.9. The van der Waals surface area contributed by atoms with Crippen LogP contribution in [0.3, 0.4) is 0 Å². The van der Waals surface area contributed by atoms with Crippen LogP contribution >= 0.6 is 0 Å². The smallest absolute Gasteiger partial charge is 0.255 e. The molecule has 1 fully saturated rings. The Bertz CT molecular complexity index is 1240. The van der Waals surface area contributed by atoms with Crippen molar-refractivity contribution in [2.75, 3.05) is 18.4 Å². The molecule has 0 saturated carbocycles. The number of rotatable bonds is 4. The van der Waals surface area contributed by atoms with E-state index < -0.39 is 10.0 Å². The van der Waals surface area contributed by atoms with Crippen molar-refractivity contribution >= 4 is 32.5 Å². The van der Waals surface area contributed by atoms with E-state index >= 15 is 0 Å². The van der Waals surface area contributed by atoms with Crippen molar-refractivity contribution in [3.05, 3.63) is 70.0 Å². The van der Waals surface area contributed by atoms with E-state index in [-0.39, 0.29) is 16.4 Å². The first-order chi connectivity index (χ1) is 13.8. The maximum absolute atomic E-state index is 12.6. The molecule has 2 aromatic carbocycles. The highest BCUT2D eigenvalue weighted by atomic mass is 32.2. The number of nitrogens with one attached hydrogen (secondary N) is 2. The SMILES string of the molecule is Cc1cc(=O)[nH]c2cc(NC(=O)c3ccc(S(=O)(=O)N4CCCC4)cc3)ccc12. The molecule has 1 aliphatic heterocycles. The van der Waals surface area contributed by atoms with Gasteiger partial charge in [0.2, 0.25) is 15.6 Å². The molecule has 0 atom stereocenters. The monoisotopic (exact) mass is 411 g/mol. The Morgan fingerprint density at radius 1 is 1.03 bits per heavy atom. The number of H-pyrrole nitrogens is 1. The lowest BCUT2D eigenvalue weighted by Gasteiger charge is -2.15. The number of sulfonamides is 1. The summed E-state index contributed by atoms with van der Waals surface area (Å²) in [6, 6.07) is 12.8. The molecule has 0 spiro atoms. The van der Waals surface area contributed by atoms with Crippen molar-refractivity contribution < 1.29 is 13.2 Å². The Morgan fingerprint density at radius 2 is 1.72 bits per heavy atom. The van der Waals surface area contributed by atoms with E-state index in [0.29, 0.717) is 29.9 Å². The molecule has 0 bridgehead atoms. The summed E-state index contributed by atoms with van der Waals surface area (Å²) in [5, 5.41) is 3.68. The number of hydrogen-bond acceptors (Lipinski definition) is 4. The van der Waals surface area contributed by atoms with Crippen LogP contribution in [0, 0.1) is 6.92 Å². The number of aromatic amines is 1. The highest BCUT2D eigenvalue weighted by molar-refractivity contribution is 7.89. The zero-order chi connectivity index (χ0) is 20.6. The van der Waals surface area contributed by atoms with Crippen LogP contribution in [0.2, 0.25) is 0 Å². The third-order valence-electron chi connectivity index (χ3n) is 5.13. The average molecular weight is 411 g/mol. The standard InChI is InChI=1S/C21H21N3O4S/c1-14-12-20(25)23-19-13-16(6-9-18(14)19)22-21(26)15-4-7-17(8-5-15)29(27,28)24-10-2-3-11-24/h4-9,12-13H,2-3,10-11H2,1H3,(H,22,26)(H,23,25). The number of carbonyl (C=O) groups is 1. The van der Waals surface area contributed by atoms with Gasteiger partial charge >= 0.3 is 0 Å². The van der Waals surface area contributed by atoms with Crippen molar-refractivity contribution in [1.82, 2.24) is 9.29 Å². The largest absolute Gasteiger partial charge is 0.322 e. The van der Waals surface area contributed by atoms with Crippen molar-refractivity contribution in [2.24, 2.45) is 0 Å². The van der Waals surface area contributed by atoms with E-state index in [2.05, 4.69) is 10.3 Å². The van der Waals surface area contributed by atoms with Crippen LogP contribution in [-0.2, 0) is 10.0 Å². The number of anilines is 1. The van der Waals surface area contributed by atoms with Crippen LogP contribution < -0.4 is 10.9 Å². The number of benzene rings is 2. The third kappa shape index (κ3) is 3.81. The maximum atomic E-state index is 12.6. The number of nitrogens with zero attached hydrogens (tertiary/aromatic N) is 1. The van der Waals surface area contributed by atoms with Gasteiger partial charge in [0.25, 0.3) is 5.91 Å². The fourth-order valence-corrected chi connectivity index (χ4v) is 5.09. The fraction of sp³-hybridized carbons (Fsp3) is 0.238. The van der Waals surface area contributed by atoms with Gasteiger partial charge in [0.1, 0.15) is 0 Å². The maximum Gasteiger partial charge on any atom is 0.255 e. The third-order valence-corrected chi connectivity index (χ3v) is 7.04. The Labute approximate surface area is 168 Å². The summed E-state index contributed by atoms with van der Waals surface area (Å²) in [7, 11) is -3.50. The number of aryl methyl sites for hydroxylation is 1. The van der Waals surface area contributed by atoms with Gasteiger partial charge in [-0.25, -0.2) is 8.42 Å². The minimum absolute atomic E-state index is 0.190. The van der Waals surface area contributed by atoms with E-state index in [4.69, 9.17) is 0 Å². The second kappa shape index (κ2) is 7.46. The lowest BCUT2D eigenvalue weighted by atomic mass is 10.1. The summed E-state index contributed by atoms with van der Waals surface area (Å²) >= 11 is 0. The van der Waals surface area contributed by atoms with E-state index in [1.807, 2.05) is 13.0 Å². The van der Waals surface area contributed by atoms with Gasteiger partial charge in [-0.2, -0.15) is 4.31 Å². The molecule has 7 nitrogen and oxygen atoms in total. The van der Waals surface area contributed by atoms with Crippen molar-refractivity contribution in [3.63, 3.8) is 0 Å². The minimum atomic E-state index is -3.50. The summed E-state index contributed by atoms with van der Waals surface area (Å²) in [6.45, 7) is 2.93. The summed E-state index contributed by atoms with van der Waals surface area (Å²) in [6.07, 6.45) is 1.74. The van der Waals surface area contributed by atoms with E-state index in [0.717, 1.165) is 23.8 Å². The van der Waals surface area contributed by atoms with Crippen LogP contribution in [0.5, 0.6) is 0 Å². The quantitative estimate of drug-likeness (QED) is 0.690. The number of hydrogen-bond donors (Lipinski definition) is 2. The molecule has 0 unspecified atom stereocenters. The second-order valence-corrected chi connectivity index (χ2v) is 9.10. The van der Waals surface area contributed by atoms with E-state index in [1.165, 1.54) is 34.6 Å².